The first-order chi connectivity index (χ1) is 15.2. The number of carbonyl (C=O) groups excluding carboxylic acids is 1. The van der Waals surface area contributed by atoms with Crippen LogP contribution in [0.15, 0.2) is 42.5 Å². The summed E-state index contributed by atoms with van der Waals surface area (Å²) < 4.78 is 33.1. The van der Waals surface area contributed by atoms with E-state index in [0.717, 1.165) is 0 Å². The van der Waals surface area contributed by atoms with Gasteiger partial charge in [0.05, 0.1) is 6.54 Å². The van der Waals surface area contributed by atoms with E-state index in [1.165, 1.54) is 36.4 Å². The Morgan fingerprint density at radius 1 is 1.22 bits per heavy atom. The Morgan fingerprint density at radius 2 is 1.91 bits per heavy atom. The van der Waals surface area contributed by atoms with Gasteiger partial charge in [0.15, 0.2) is 0 Å². The van der Waals surface area contributed by atoms with Crippen molar-refractivity contribution in [2.45, 2.75) is 45.3 Å². The van der Waals surface area contributed by atoms with Crippen LogP contribution in [0.4, 0.5) is 8.78 Å². The number of carbonyl (C=O) groups is 1. The smallest absolute Gasteiger partial charge is 0.270 e. The maximum Gasteiger partial charge on any atom is 0.270 e. The van der Waals surface area contributed by atoms with E-state index in [-0.39, 0.29) is 30.0 Å². The number of piperidine rings is 1. The van der Waals surface area contributed by atoms with E-state index in [1.54, 1.807) is 17.9 Å². The van der Waals surface area contributed by atoms with E-state index >= 15 is 0 Å². The standard InChI is InChI=1S/C25H28F2N2O3/c1-15(2)13-25(31)10-11-29(14-22(25)32-19-7-4-17(26)5-8-19)24(30)23-16(3)20-12-18(27)6-9-21(20)28-23/h4-9,12,15,22,28,31H,10-11,13-14H2,1-3H3/t22-,25+/m0/s1. The van der Waals surface area contributed by atoms with Crippen molar-refractivity contribution in [1.82, 2.24) is 9.88 Å². The Bertz CT molecular complexity index is 1130. The van der Waals surface area contributed by atoms with Gasteiger partial charge in [-0.2, -0.15) is 0 Å². The molecule has 2 aromatic carbocycles. The molecule has 5 nitrogen and oxygen atoms in total. The summed E-state index contributed by atoms with van der Waals surface area (Å²) in [6, 6.07) is 10.0. The Morgan fingerprint density at radius 3 is 2.59 bits per heavy atom. The number of hydrogen-bond acceptors (Lipinski definition) is 3. The van der Waals surface area contributed by atoms with Crippen LogP contribution in [0.25, 0.3) is 10.9 Å². The molecular weight excluding hydrogens is 414 g/mol. The summed E-state index contributed by atoms with van der Waals surface area (Å²) >= 11 is 0. The maximum absolute atomic E-state index is 13.7. The van der Waals surface area contributed by atoms with Crippen LogP contribution in [0.2, 0.25) is 0 Å². The maximum atomic E-state index is 13.7. The normalized spacial score (nSPS) is 21.3. The van der Waals surface area contributed by atoms with Crippen LogP contribution in [0.5, 0.6) is 5.75 Å². The number of hydrogen-bond donors (Lipinski definition) is 2. The fraction of sp³-hybridized carbons (Fsp3) is 0.400. The highest BCUT2D eigenvalue weighted by Gasteiger charge is 2.45. The molecule has 0 radical (unpaired) electrons. The molecule has 4 rings (SSSR count). The number of aryl methyl sites for hydroxylation is 1. The van der Waals surface area contributed by atoms with Gasteiger partial charge >= 0.3 is 0 Å². The number of nitrogens with zero attached hydrogens (tertiary/aromatic N) is 1. The van der Waals surface area contributed by atoms with Crippen molar-refractivity contribution in [3.63, 3.8) is 0 Å². The van der Waals surface area contributed by atoms with Crippen LogP contribution in [0, 0.1) is 24.5 Å². The average molecular weight is 443 g/mol. The molecular formula is C25H28F2N2O3. The van der Waals surface area contributed by atoms with Crippen molar-refractivity contribution in [2.24, 2.45) is 5.92 Å². The lowest BCUT2D eigenvalue weighted by Gasteiger charge is -2.45. The molecule has 0 saturated carbocycles. The van der Waals surface area contributed by atoms with Crippen molar-refractivity contribution in [3.8, 4) is 5.75 Å². The summed E-state index contributed by atoms with van der Waals surface area (Å²) in [6.07, 6.45) is 0.206. The SMILES string of the molecule is Cc1c(C(=O)N2CC[C@@](O)(CC(C)C)[C@@H](Oc3ccc(F)cc3)C2)[nH]c2ccc(F)cc12. The van der Waals surface area contributed by atoms with Crippen LogP contribution in [-0.4, -0.2) is 45.7 Å². The van der Waals surface area contributed by atoms with E-state index in [1.807, 2.05) is 13.8 Å². The van der Waals surface area contributed by atoms with Gasteiger partial charge in [-0.15, -0.1) is 0 Å². The number of ether oxygens (including phenoxy) is 1. The van der Waals surface area contributed by atoms with Gasteiger partial charge in [-0.1, -0.05) is 13.8 Å². The molecule has 1 saturated heterocycles. The van der Waals surface area contributed by atoms with E-state index in [9.17, 15) is 18.7 Å². The molecule has 2 atom stereocenters. The molecule has 0 aliphatic carbocycles. The number of aromatic nitrogens is 1. The minimum Gasteiger partial charge on any atom is -0.486 e. The molecule has 2 N–H and O–H groups in total. The average Bonchev–Trinajstić information content (AvgIpc) is 3.06. The van der Waals surface area contributed by atoms with Gasteiger partial charge in [0.2, 0.25) is 0 Å². The number of aliphatic hydroxyl groups is 1. The van der Waals surface area contributed by atoms with Crippen molar-refractivity contribution in [1.29, 1.82) is 0 Å². The Kier molecular flexibility index (Phi) is 5.95. The molecule has 0 unspecified atom stereocenters. The third-order valence-corrected chi connectivity index (χ3v) is 6.18. The summed E-state index contributed by atoms with van der Waals surface area (Å²) in [4.78, 5) is 18.1. The third kappa shape index (κ3) is 4.35. The first kappa shape index (κ1) is 22.3. The highest BCUT2D eigenvalue weighted by molar-refractivity contribution is 6.01. The van der Waals surface area contributed by atoms with Gasteiger partial charge in [0.25, 0.3) is 5.91 Å². The van der Waals surface area contributed by atoms with Gasteiger partial charge in [-0.05, 0) is 73.7 Å². The minimum absolute atomic E-state index is 0.183. The van der Waals surface area contributed by atoms with Crippen LogP contribution >= 0.6 is 0 Å². The van der Waals surface area contributed by atoms with E-state index in [4.69, 9.17) is 4.74 Å². The van der Waals surface area contributed by atoms with Gasteiger partial charge in [0.1, 0.15) is 34.8 Å². The number of nitrogens with one attached hydrogen (secondary N) is 1. The number of aromatic amines is 1. The zero-order valence-electron chi connectivity index (χ0n) is 18.5. The van der Waals surface area contributed by atoms with Crippen LogP contribution < -0.4 is 4.74 Å². The van der Waals surface area contributed by atoms with Crippen molar-refractivity contribution in [3.05, 3.63) is 65.4 Å². The summed E-state index contributed by atoms with van der Waals surface area (Å²) in [7, 11) is 0. The highest BCUT2D eigenvalue weighted by Crippen LogP contribution is 2.33. The lowest BCUT2D eigenvalue weighted by Crippen LogP contribution is -2.59. The number of fused-ring (bicyclic) bond motifs is 1. The Balaban J connectivity index is 1.61. The first-order valence-electron chi connectivity index (χ1n) is 10.9. The Labute approximate surface area is 186 Å². The third-order valence-electron chi connectivity index (χ3n) is 6.18. The minimum atomic E-state index is -1.11. The van der Waals surface area contributed by atoms with E-state index in [2.05, 4.69) is 4.98 Å². The van der Waals surface area contributed by atoms with Gasteiger partial charge < -0.3 is 19.7 Å². The molecule has 32 heavy (non-hydrogen) atoms. The second-order valence-corrected chi connectivity index (χ2v) is 9.08. The predicted molar refractivity (Wildman–Crippen MR) is 119 cm³/mol. The molecule has 0 bridgehead atoms. The van der Waals surface area contributed by atoms with E-state index in [0.29, 0.717) is 47.3 Å². The topological polar surface area (TPSA) is 65.6 Å². The van der Waals surface area contributed by atoms with Gasteiger partial charge in [0, 0.05) is 17.4 Å². The summed E-state index contributed by atoms with van der Waals surface area (Å²) in [5, 5.41) is 12.1. The van der Waals surface area contributed by atoms with Crippen LogP contribution in [-0.2, 0) is 0 Å². The molecule has 170 valence electrons. The van der Waals surface area contributed by atoms with Crippen molar-refractivity contribution in [2.75, 3.05) is 13.1 Å². The van der Waals surface area contributed by atoms with E-state index < -0.39 is 11.7 Å². The number of likely N-dealkylation sites (tertiary alicyclic amines) is 1. The zero-order valence-corrected chi connectivity index (χ0v) is 18.5. The quantitative estimate of drug-likeness (QED) is 0.595. The number of halogens is 2. The molecule has 1 aliphatic heterocycles. The Hall–Kier alpha value is -2.93. The molecule has 1 fully saturated rings. The molecule has 1 aromatic heterocycles. The number of rotatable bonds is 5. The molecule has 7 heteroatoms. The summed E-state index contributed by atoms with van der Waals surface area (Å²) in [5.41, 5.74) is 0.668. The zero-order chi connectivity index (χ0) is 23.0. The molecule has 1 amide bonds. The largest absolute Gasteiger partial charge is 0.486 e. The molecule has 1 aliphatic rings. The summed E-state index contributed by atoms with van der Waals surface area (Å²) in [6.45, 7) is 6.39. The first-order valence-corrected chi connectivity index (χ1v) is 10.9. The molecule has 0 spiro atoms. The molecule has 3 aromatic rings. The lowest BCUT2D eigenvalue weighted by atomic mass is 9.81. The monoisotopic (exact) mass is 442 g/mol. The van der Waals surface area contributed by atoms with Crippen LogP contribution in [0.1, 0.15) is 42.7 Å². The van der Waals surface area contributed by atoms with Gasteiger partial charge in [-0.25, -0.2) is 8.78 Å². The molecule has 2 heterocycles. The highest BCUT2D eigenvalue weighted by atomic mass is 19.1. The van der Waals surface area contributed by atoms with Gasteiger partial charge in [-0.3, -0.25) is 4.79 Å². The van der Waals surface area contributed by atoms with Crippen molar-refractivity contribution >= 4 is 16.8 Å². The fourth-order valence-electron chi connectivity index (χ4n) is 4.57. The predicted octanol–water partition coefficient (Wildman–Crippen LogP) is 4.83. The second-order valence-electron chi connectivity index (χ2n) is 9.08. The summed E-state index contributed by atoms with van der Waals surface area (Å²) in [5.74, 6) is -0.292. The van der Waals surface area contributed by atoms with Crippen LogP contribution in [0.3, 0.4) is 0 Å². The van der Waals surface area contributed by atoms with Crippen molar-refractivity contribution < 1.29 is 23.4 Å². The second kappa shape index (κ2) is 8.54. The fourth-order valence-corrected chi connectivity index (χ4v) is 4.57. The lowest BCUT2D eigenvalue weighted by molar-refractivity contribution is -0.111. The number of benzene rings is 2. The number of H-pyrrole nitrogens is 1. The number of amides is 1.